The number of anilines is 1. The normalized spacial score (nSPS) is 15.4. The number of nitrogens with one attached hydrogen (secondary N) is 2. The molecule has 29 heavy (non-hydrogen) atoms. The third kappa shape index (κ3) is 4.83. The van der Waals surface area contributed by atoms with E-state index in [1.165, 1.54) is 5.56 Å². The van der Waals surface area contributed by atoms with E-state index >= 15 is 0 Å². The number of nitrogens with zero attached hydrogens (tertiary/aromatic N) is 4. The van der Waals surface area contributed by atoms with Gasteiger partial charge in [-0.05, 0) is 30.5 Å². The molecular weight excluding hydrogens is 368 g/mol. The van der Waals surface area contributed by atoms with Gasteiger partial charge in [0.25, 0.3) is 0 Å². The minimum absolute atomic E-state index is 0.307. The van der Waals surface area contributed by atoms with E-state index in [2.05, 4.69) is 44.8 Å². The molecule has 1 fully saturated rings. The molecule has 0 spiro atoms. The van der Waals surface area contributed by atoms with Gasteiger partial charge in [0.05, 0.1) is 0 Å². The molecule has 0 bridgehead atoms. The summed E-state index contributed by atoms with van der Waals surface area (Å²) in [5, 5.41) is 14.8. The third-order valence-corrected chi connectivity index (χ3v) is 5.29. The van der Waals surface area contributed by atoms with Crippen LogP contribution in [-0.4, -0.2) is 56.3 Å². The second kappa shape index (κ2) is 8.91. The number of hydrogen-bond acceptors (Lipinski definition) is 5. The highest BCUT2D eigenvalue weighted by molar-refractivity contribution is 5.74. The van der Waals surface area contributed by atoms with Crippen molar-refractivity contribution in [3.05, 3.63) is 54.2 Å². The van der Waals surface area contributed by atoms with Crippen molar-refractivity contribution in [3.8, 4) is 0 Å². The Labute approximate surface area is 169 Å². The molecule has 8 nitrogen and oxygen atoms in total. The van der Waals surface area contributed by atoms with Crippen LogP contribution in [0.1, 0.15) is 18.4 Å². The van der Waals surface area contributed by atoms with E-state index in [-0.39, 0.29) is 0 Å². The minimum Gasteiger partial charge on any atom is -0.465 e. The maximum Gasteiger partial charge on any atom is 0.404 e. The Hall–Kier alpha value is -3.13. The Morgan fingerprint density at radius 3 is 2.69 bits per heavy atom. The molecule has 1 aliphatic heterocycles. The first-order chi connectivity index (χ1) is 14.2. The first-order valence-corrected chi connectivity index (χ1v) is 10.00. The molecular formula is C21H26N6O2. The largest absolute Gasteiger partial charge is 0.465 e. The van der Waals surface area contributed by atoms with Crippen molar-refractivity contribution in [2.45, 2.75) is 32.0 Å². The molecule has 0 aliphatic carbocycles. The number of imidazole rings is 1. The molecule has 1 saturated heterocycles. The topological polar surface area (TPSA) is 95.3 Å². The molecule has 152 valence electrons. The standard InChI is InChI=1S/C21H26N6O2/c28-21(29)23-11-14-27-19-18(7-4-10-22-19)25-20(27)24-17-8-12-26(13-9-17)15-16-5-2-1-3-6-16/h1-7,10,17,23H,8-9,11-15H2,(H,24,25)(H,28,29). The average Bonchev–Trinajstić information content (AvgIpc) is 3.07. The van der Waals surface area contributed by atoms with Crippen LogP contribution in [0.5, 0.6) is 0 Å². The lowest BCUT2D eigenvalue weighted by atomic mass is 10.0. The maximum atomic E-state index is 10.8. The maximum absolute atomic E-state index is 10.8. The van der Waals surface area contributed by atoms with Crippen LogP contribution in [-0.2, 0) is 13.1 Å². The second-order valence-corrected chi connectivity index (χ2v) is 7.35. The van der Waals surface area contributed by atoms with E-state index in [4.69, 9.17) is 10.1 Å². The number of piperidine rings is 1. The highest BCUT2D eigenvalue weighted by atomic mass is 16.4. The lowest BCUT2D eigenvalue weighted by Crippen LogP contribution is -2.39. The second-order valence-electron chi connectivity index (χ2n) is 7.35. The van der Waals surface area contributed by atoms with Crippen LogP contribution in [0.4, 0.5) is 10.7 Å². The highest BCUT2D eigenvalue weighted by Gasteiger charge is 2.21. The van der Waals surface area contributed by atoms with Gasteiger partial charge < -0.3 is 15.7 Å². The molecule has 3 aromatic rings. The molecule has 0 saturated carbocycles. The Balaban J connectivity index is 1.39. The zero-order valence-electron chi connectivity index (χ0n) is 16.3. The van der Waals surface area contributed by atoms with Gasteiger partial charge in [0.1, 0.15) is 5.52 Å². The number of carbonyl (C=O) groups is 1. The van der Waals surface area contributed by atoms with Crippen LogP contribution in [0, 0.1) is 0 Å². The number of likely N-dealkylation sites (tertiary alicyclic amines) is 1. The molecule has 0 unspecified atom stereocenters. The van der Waals surface area contributed by atoms with Crippen molar-refractivity contribution in [3.63, 3.8) is 0 Å². The van der Waals surface area contributed by atoms with Crippen LogP contribution in [0.25, 0.3) is 11.2 Å². The van der Waals surface area contributed by atoms with Gasteiger partial charge in [0.15, 0.2) is 5.65 Å². The van der Waals surface area contributed by atoms with Gasteiger partial charge in [0.2, 0.25) is 5.95 Å². The van der Waals surface area contributed by atoms with Crippen LogP contribution in [0.2, 0.25) is 0 Å². The highest BCUT2D eigenvalue weighted by Crippen LogP contribution is 2.21. The summed E-state index contributed by atoms with van der Waals surface area (Å²) < 4.78 is 1.96. The van der Waals surface area contributed by atoms with Crippen molar-refractivity contribution in [2.75, 3.05) is 25.0 Å². The van der Waals surface area contributed by atoms with E-state index in [9.17, 15) is 4.79 Å². The Bertz CT molecular complexity index is 950. The number of pyridine rings is 1. The van der Waals surface area contributed by atoms with E-state index in [0.29, 0.717) is 19.1 Å². The minimum atomic E-state index is -1.03. The van der Waals surface area contributed by atoms with E-state index in [1.54, 1.807) is 6.20 Å². The van der Waals surface area contributed by atoms with Gasteiger partial charge in [-0.15, -0.1) is 0 Å². The number of amides is 1. The average molecular weight is 394 g/mol. The van der Waals surface area contributed by atoms with Crippen LogP contribution in [0.15, 0.2) is 48.7 Å². The van der Waals surface area contributed by atoms with Gasteiger partial charge in [-0.2, -0.15) is 0 Å². The summed E-state index contributed by atoms with van der Waals surface area (Å²) in [6.45, 7) is 3.84. The number of aromatic nitrogens is 3. The first-order valence-electron chi connectivity index (χ1n) is 10.00. The summed E-state index contributed by atoms with van der Waals surface area (Å²) in [5.74, 6) is 0.757. The zero-order chi connectivity index (χ0) is 20.1. The molecule has 3 N–H and O–H groups in total. The van der Waals surface area contributed by atoms with Crippen LogP contribution in [0.3, 0.4) is 0 Å². The van der Waals surface area contributed by atoms with Crippen molar-refractivity contribution in [1.82, 2.24) is 24.8 Å². The SMILES string of the molecule is O=C(O)NCCn1c(NC2CCN(Cc3ccccc3)CC2)nc2cccnc21. The Morgan fingerprint density at radius 2 is 1.93 bits per heavy atom. The summed E-state index contributed by atoms with van der Waals surface area (Å²) >= 11 is 0. The Morgan fingerprint density at radius 1 is 1.14 bits per heavy atom. The van der Waals surface area contributed by atoms with E-state index in [0.717, 1.165) is 49.6 Å². The molecule has 2 aromatic heterocycles. The number of rotatable bonds is 7. The summed E-state index contributed by atoms with van der Waals surface area (Å²) in [7, 11) is 0. The number of fused-ring (bicyclic) bond motifs is 1. The predicted molar refractivity (Wildman–Crippen MR) is 112 cm³/mol. The van der Waals surface area contributed by atoms with Gasteiger partial charge in [-0.1, -0.05) is 30.3 Å². The van der Waals surface area contributed by atoms with Crippen molar-refractivity contribution in [1.29, 1.82) is 0 Å². The van der Waals surface area contributed by atoms with E-state index < -0.39 is 6.09 Å². The van der Waals surface area contributed by atoms with E-state index in [1.807, 2.05) is 22.8 Å². The number of carboxylic acid groups (broad SMARTS) is 1. The third-order valence-electron chi connectivity index (χ3n) is 5.29. The van der Waals surface area contributed by atoms with Crippen LogP contribution >= 0.6 is 0 Å². The summed E-state index contributed by atoms with van der Waals surface area (Å²) in [6.07, 6.45) is 2.78. The fourth-order valence-electron chi connectivity index (χ4n) is 3.81. The molecule has 0 atom stereocenters. The number of hydrogen-bond donors (Lipinski definition) is 3. The van der Waals surface area contributed by atoms with Crippen molar-refractivity contribution < 1.29 is 9.90 Å². The molecule has 8 heteroatoms. The van der Waals surface area contributed by atoms with Gasteiger partial charge in [0, 0.05) is 45.0 Å². The number of benzene rings is 1. The van der Waals surface area contributed by atoms with Crippen LogP contribution < -0.4 is 10.6 Å². The summed E-state index contributed by atoms with van der Waals surface area (Å²) in [6, 6.07) is 14.7. The van der Waals surface area contributed by atoms with Crippen molar-refractivity contribution >= 4 is 23.2 Å². The summed E-state index contributed by atoms with van der Waals surface area (Å²) in [4.78, 5) is 22.4. The fourth-order valence-corrected chi connectivity index (χ4v) is 3.81. The molecule has 3 heterocycles. The Kier molecular flexibility index (Phi) is 5.90. The smallest absolute Gasteiger partial charge is 0.404 e. The van der Waals surface area contributed by atoms with Gasteiger partial charge in [-0.3, -0.25) is 9.47 Å². The zero-order valence-corrected chi connectivity index (χ0v) is 16.3. The van der Waals surface area contributed by atoms with Crippen molar-refractivity contribution in [2.24, 2.45) is 0 Å². The lowest BCUT2D eigenvalue weighted by Gasteiger charge is -2.32. The quantitative estimate of drug-likeness (QED) is 0.570. The first kappa shape index (κ1) is 19.2. The van der Waals surface area contributed by atoms with Gasteiger partial charge >= 0.3 is 6.09 Å². The monoisotopic (exact) mass is 394 g/mol. The molecule has 4 rings (SSSR count). The lowest BCUT2D eigenvalue weighted by molar-refractivity contribution is 0.194. The summed E-state index contributed by atoms with van der Waals surface area (Å²) in [5.41, 5.74) is 2.92. The van der Waals surface area contributed by atoms with Gasteiger partial charge in [-0.25, -0.2) is 14.8 Å². The predicted octanol–water partition coefficient (Wildman–Crippen LogP) is 2.78. The molecule has 1 amide bonds. The fraction of sp³-hybridized carbons (Fsp3) is 0.381. The molecule has 1 aromatic carbocycles. The molecule has 1 aliphatic rings. The molecule has 0 radical (unpaired) electrons.